The second kappa shape index (κ2) is 9.12. The van der Waals surface area contributed by atoms with Crippen LogP contribution >= 0.6 is 11.8 Å². The molecule has 2 amide bonds. The highest BCUT2D eigenvalue weighted by molar-refractivity contribution is 7.98. The summed E-state index contributed by atoms with van der Waals surface area (Å²) in [5.41, 5.74) is 0.777. The van der Waals surface area contributed by atoms with Crippen LogP contribution in [-0.2, 0) is 0 Å². The average molecular weight is 360 g/mol. The van der Waals surface area contributed by atoms with E-state index in [0.29, 0.717) is 18.9 Å². The molecule has 0 aliphatic rings. The molecule has 0 aliphatic carbocycles. The van der Waals surface area contributed by atoms with Crippen LogP contribution in [0.3, 0.4) is 0 Å². The lowest BCUT2D eigenvalue weighted by Gasteiger charge is -2.14. The Morgan fingerprint density at radius 3 is 2.72 bits per heavy atom. The van der Waals surface area contributed by atoms with E-state index in [1.165, 1.54) is 0 Å². The summed E-state index contributed by atoms with van der Waals surface area (Å²) in [7, 11) is 3.87. The van der Waals surface area contributed by atoms with Gasteiger partial charge in [0.2, 0.25) is 0 Å². The van der Waals surface area contributed by atoms with Crippen molar-refractivity contribution in [3.63, 3.8) is 0 Å². The van der Waals surface area contributed by atoms with Crippen LogP contribution in [0.25, 0.3) is 0 Å². The molecule has 134 valence electrons. The molecule has 0 saturated carbocycles. The van der Waals surface area contributed by atoms with E-state index >= 15 is 0 Å². The van der Waals surface area contributed by atoms with Crippen molar-refractivity contribution in [1.29, 1.82) is 0 Å². The minimum absolute atomic E-state index is 0.229. The first-order valence-electron chi connectivity index (χ1n) is 7.93. The number of carbonyl (C=O) groups is 1. The summed E-state index contributed by atoms with van der Waals surface area (Å²) in [6, 6.07) is 9.37. The number of carbonyl (C=O) groups excluding carboxylic acids is 1. The van der Waals surface area contributed by atoms with E-state index < -0.39 is 0 Å². The highest BCUT2D eigenvalue weighted by Crippen LogP contribution is 2.18. The van der Waals surface area contributed by atoms with Gasteiger partial charge in [-0.25, -0.2) is 14.8 Å². The van der Waals surface area contributed by atoms with Gasteiger partial charge >= 0.3 is 6.03 Å². The number of hydrogen-bond donors (Lipinski definition) is 3. The highest BCUT2D eigenvalue weighted by Gasteiger charge is 2.04. The normalized spacial score (nSPS) is 10.2. The molecule has 8 heteroatoms. The largest absolute Gasteiger partial charge is 0.368 e. The third-order valence-electron chi connectivity index (χ3n) is 3.33. The number of hydrogen-bond acceptors (Lipinski definition) is 6. The SMILES string of the molecule is CSc1cccc(NC(=O)NCCNc2cc(N(C)C)nc(C)n2)c1. The van der Waals surface area contributed by atoms with Gasteiger partial charge < -0.3 is 20.9 Å². The van der Waals surface area contributed by atoms with Crippen molar-refractivity contribution in [2.24, 2.45) is 0 Å². The van der Waals surface area contributed by atoms with Crippen LogP contribution in [0, 0.1) is 6.92 Å². The zero-order chi connectivity index (χ0) is 18.2. The third kappa shape index (κ3) is 6.15. The number of anilines is 3. The Balaban J connectivity index is 1.78. The van der Waals surface area contributed by atoms with Gasteiger partial charge in [0.1, 0.15) is 17.5 Å². The molecule has 0 atom stereocenters. The van der Waals surface area contributed by atoms with Gasteiger partial charge in [0, 0.05) is 43.8 Å². The number of urea groups is 1. The fraction of sp³-hybridized carbons (Fsp3) is 0.353. The van der Waals surface area contributed by atoms with Crippen molar-refractivity contribution in [2.45, 2.75) is 11.8 Å². The molecule has 7 nitrogen and oxygen atoms in total. The predicted octanol–water partition coefficient (Wildman–Crippen LogP) is 2.81. The molecule has 2 aromatic rings. The molecule has 3 N–H and O–H groups in total. The Labute approximate surface area is 152 Å². The molecular formula is C17H24N6OS. The van der Waals surface area contributed by atoms with Crippen molar-refractivity contribution >= 4 is 35.1 Å². The summed E-state index contributed by atoms with van der Waals surface area (Å²) in [5, 5.41) is 8.84. The fourth-order valence-corrected chi connectivity index (χ4v) is 2.57. The van der Waals surface area contributed by atoms with Gasteiger partial charge in [-0.2, -0.15) is 0 Å². The molecule has 0 aliphatic heterocycles. The zero-order valence-corrected chi connectivity index (χ0v) is 15.8. The number of amides is 2. The van der Waals surface area contributed by atoms with Gasteiger partial charge in [-0.1, -0.05) is 6.07 Å². The molecule has 1 aromatic heterocycles. The maximum atomic E-state index is 11.9. The Bertz CT molecular complexity index is 722. The lowest BCUT2D eigenvalue weighted by molar-refractivity contribution is 0.252. The number of thioether (sulfide) groups is 1. The van der Waals surface area contributed by atoms with Crippen molar-refractivity contribution in [2.75, 3.05) is 49.0 Å². The van der Waals surface area contributed by atoms with Gasteiger partial charge in [-0.05, 0) is 31.4 Å². The molecule has 0 saturated heterocycles. The summed E-state index contributed by atoms with van der Waals surface area (Å²) < 4.78 is 0. The monoisotopic (exact) mass is 360 g/mol. The van der Waals surface area contributed by atoms with Crippen LogP contribution < -0.4 is 20.9 Å². The van der Waals surface area contributed by atoms with Crippen molar-refractivity contribution < 1.29 is 4.79 Å². The molecular weight excluding hydrogens is 336 g/mol. The summed E-state index contributed by atoms with van der Waals surface area (Å²) in [4.78, 5) is 23.6. The molecule has 0 fully saturated rings. The van der Waals surface area contributed by atoms with Gasteiger partial charge in [-0.3, -0.25) is 0 Å². The Morgan fingerprint density at radius 2 is 2.00 bits per heavy atom. The van der Waals surface area contributed by atoms with Crippen LogP contribution in [0.1, 0.15) is 5.82 Å². The Morgan fingerprint density at radius 1 is 1.20 bits per heavy atom. The van der Waals surface area contributed by atoms with E-state index in [-0.39, 0.29) is 6.03 Å². The number of aryl methyl sites for hydroxylation is 1. The summed E-state index contributed by atoms with van der Waals surface area (Å²) in [5.74, 6) is 2.29. The number of rotatable bonds is 7. The van der Waals surface area contributed by atoms with Gasteiger partial charge in [0.25, 0.3) is 0 Å². The second-order valence-corrected chi connectivity index (χ2v) is 6.47. The molecule has 0 spiro atoms. The first kappa shape index (κ1) is 18.9. The van der Waals surface area contributed by atoms with Gasteiger partial charge in [0.05, 0.1) is 0 Å². The van der Waals surface area contributed by atoms with E-state index in [4.69, 9.17) is 0 Å². The molecule has 2 rings (SSSR count). The van der Waals surface area contributed by atoms with Crippen molar-refractivity contribution in [3.05, 3.63) is 36.2 Å². The van der Waals surface area contributed by atoms with E-state index in [0.717, 1.165) is 22.2 Å². The van der Waals surface area contributed by atoms with E-state index in [1.54, 1.807) is 11.8 Å². The van der Waals surface area contributed by atoms with E-state index in [2.05, 4.69) is 25.9 Å². The second-order valence-electron chi connectivity index (χ2n) is 5.59. The number of aromatic nitrogens is 2. The first-order chi connectivity index (χ1) is 12.0. The van der Waals surface area contributed by atoms with Gasteiger partial charge in [-0.15, -0.1) is 11.8 Å². The van der Waals surface area contributed by atoms with Crippen molar-refractivity contribution in [1.82, 2.24) is 15.3 Å². The van der Waals surface area contributed by atoms with Crippen LogP contribution in [-0.4, -0.2) is 49.4 Å². The lowest BCUT2D eigenvalue weighted by Crippen LogP contribution is -2.32. The van der Waals surface area contributed by atoms with Crippen LogP contribution in [0.15, 0.2) is 35.2 Å². The molecule has 1 aromatic carbocycles. The maximum absolute atomic E-state index is 11.9. The topological polar surface area (TPSA) is 82.2 Å². The van der Waals surface area contributed by atoms with E-state index in [9.17, 15) is 4.79 Å². The number of nitrogens with zero attached hydrogens (tertiary/aromatic N) is 3. The van der Waals surface area contributed by atoms with Crippen molar-refractivity contribution in [3.8, 4) is 0 Å². The number of nitrogens with one attached hydrogen (secondary N) is 3. The summed E-state index contributed by atoms with van der Waals surface area (Å²) in [6.45, 7) is 2.91. The third-order valence-corrected chi connectivity index (χ3v) is 4.05. The minimum Gasteiger partial charge on any atom is -0.368 e. The summed E-state index contributed by atoms with van der Waals surface area (Å²) >= 11 is 1.64. The Hall–Kier alpha value is -2.48. The van der Waals surface area contributed by atoms with Crippen LogP contribution in [0.2, 0.25) is 0 Å². The highest BCUT2D eigenvalue weighted by atomic mass is 32.2. The zero-order valence-electron chi connectivity index (χ0n) is 15.0. The smallest absolute Gasteiger partial charge is 0.319 e. The lowest BCUT2D eigenvalue weighted by atomic mass is 10.3. The van der Waals surface area contributed by atoms with Gasteiger partial charge in [0.15, 0.2) is 0 Å². The standard InChI is InChI=1S/C17H24N6OS/c1-12-20-15(11-16(21-12)23(2)3)18-8-9-19-17(24)22-13-6-5-7-14(10-13)25-4/h5-7,10-11H,8-9H2,1-4H3,(H,18,20,21)(H2,19,22,24). The Kier molecular flexibility index (Phi) is 6.88. The van der Waals surface area contributed by atoms with E-state index in [1.807, 2.05) is 62.5 Å². The first-order valence-corrected chi connectivity index (χ1v) is 9.16. The fourth-order valence-electron chi connectivity index (χ4n) is 2.11. The number of benzene rings is 1. The molecule has 0 bridgehead atoms. The molecule has 1 heterocycles. The predicted molar refractivity (Wildman–Crippen MR) is 105 cm³/mol. The average Bonchev–Trinajstić information content (AvgIpc) is 2.58. The van der Waals surface area contributed by atoms with Crippen LogP contribution in [0.5, 0.6) is 0 Å². The minimum atomic E-state index is -0.229. The molecule has 0 radical (unpaired) electrons. The maximum Gasteiger partial charge on any atom is 0.319 e. The molecule has 0 unspecified atom stereocenters. The molecule has 25 heavy (non-hydrogen) atoms. The quantitative estimate of drug-likeness (QED) is 0.520. The summed E-state index contributed by atoms with van der Waals surface area (Å²) in [6.07, 6.45) is 2.00. The van der Waals surface area contributed by atoms with Crippen LogP contribution in [0.4, 0.5) is 22.1 Å².